The lowest BCUT2D eigenvalue weighted by molar-refractivity contribution is 0.0264. The average molecular weight is 711 g/mol. The first-order chi connectivity index (χ1) is 25.5. The van der Waals surface area contributed by atoms with Gasteiger partial charge in [0, 0.05) is 66.8 Å². The number of aliphatic hydroxyl groups is 1. The normalized spacial score (nSPS) is 14.4. The van der Waals surface area contributed by atoms with Gasteiger partial charge in [-0.25, -0.2) is 0 Å². The minimum Gasteiger partial charge on any atom is -0.400 e. The van der Waals surface area contributed by atoms with Gasteiger partial charge in [0.15, 0.2) is 0 Å². The zero-order valence-electron chi connectivity index (χ0n) is 31.6. The maximum absolute atomic E-state index is 10.8. The number of hydrogen-bond acceptors (Lipinski definition) is 8. The molecule has 3 aromatic rings. The summed E-state index contributed by atoms with van der Waals surface area (Å²) in [6, 6.07) is 23.4. The van der Waals surface area contributed by atoms with Gasteiger partial charge in [0.05, 0.1) is 52.9 Å². The summed E-state index contributed by atoms with van der Waals surface area (Å²) in [6.07, 6.45) is 5.54. The van der Waals surface area contributed by atoms with Gasteiger partial charge in [0.2, 0.25) is 0 Å². The van der Waals surface area contributed by atoms with Gasteiger partial charge in [0.25, 0.3) is 0 Å². The molecule has 280 valence electrons. The zero-order valence-corrected chi connectivity index (χ0v) is 31.6. The number of ether oxygens (including phenoxy) is 4. The van der Waals surface area contributed by atoms with Crippen molar-refractivity contribution in [3.63, 3.8) is 0 Å². The lowest BCUT2D eigenvalue weighted by atomic mass is 10.1. The molecule has 52 heavy (non-hydrogen) atoms. The van der Waals surface area contributed by atoms with Crippen molar-refractivity contribution in [1.29, 1.82) is 0 Å². The molecule has 1 aliphatic rings. The van der Waals surface area contributed by atoms with Gasteiger partial charge in [-0.3, -0.25) is 4.79 Å². The highest BCUT2D eigenvalue weighted by Gasteiger charge is 2.08. The minimum absolute atomic E-state index is 0.579. The predicted molar refractivity (Wildman–Crippen MR) is 214 cm³/mol. The van der Waals surface area contributed by atoms with Crippen LogP contribution in [0.1, 0.15) is 52.9 Å². The molecule has 1 heterocycles. The standard InChI is InChI=1S/C36H40N2O5.C4H8.C3H6.CH4O/c1-37-18-22-40-26-28-42-24-20-38(21-25-43-29-27-41-23-19-37)36-16-14-34(15-17-36)9-8-32-4-2-31(3-5-32)6-7-33-10-12-35(30-39)13-11-33;1-3-4-2;1-3-2;1-2/h2-5,10-17,30H,18-29H2,1H3;3H,1,4H2,2H3;3H,1H2,2H3;2H,1H3. The smallest absolute Gasteiger partial charge is 0.150 e. The Morgan fingerprint density at radius 1 is 0.615 bits per heavy atom. The van der Waals surface area contributed by atoms with Crippen molar-refractivity contribution in [2.75, 3.05) is 98.1 Å². The molecule has 1 aliphatic heterocycles. The summed E-state index contributed by atoms with van der Waals surface area (Å²) >= 11 is 0. The molecule has 1 N–H and O–H groups in total. The van der Waals surface area contributed by atoms with Crippen LogP contribution in [0.5, 0.6) is 0 Å². The summed E-state index contributed by atoms with van der Waals surface area (Å²) in [5.41, 5.74) is 5.39. The summed E-state index contributed by atoms with van der Waals surface area (Å²) in [4.78, 5) is 15.3. The third-order valence-corrected chi connectivity index (χ3v) is 7.14. The van der Waals surface area contributed by atoms with E-state index in [0.29, 0.717) is 58.4 Å². The summed E-state index contributed by atoms with van der Waals surface area (Å²) in [7, 11) is 3.07. The predicted octanol–water partition coefficient (Wildman–Crippen LogP) is 6.50. The van der Waals surface area contributed by atoms with Gasteiger partial charge in [-0.1, -0.05) is 54.9 Å². The fourth-order valence-electron chi connectivity index (χ4n) is 4.24. The molecule has 0 unspecified atom stereocenters. The molecule has 0 radical (unpaired) electrons. The van der Waals surface area contributed by atoms with Crippen LogP contribution >= 0.6 is 0 Å². The van der Waals surface area contributed by atoms with Crippen LogP contribution in [-0.2, 0) is 18.9 Å². The number of aldehydes is 1. The van der Waals surface area contributed by atoms with E-state index in [9.17, 15) is 4.79 Å². The van der Waals surface area contributed by atoms with Gasteiger partial charge >= 0.3 is 0 Å². The molecule has 1 saturated heterocycles. The Balaban J connectivity index is 0.00000136. The molecule has 0 bridgehead atoms. The van der Waals surface area contributed by atoms with Crippen LogP contribution in [0.3, 0.4) is 0 Å². The van der Waals surface area contributed by atoms with Gasteiger partial charge < -0.3 is 33.9 Å². The fraction of sp³-hybridized carbons (Fsp3) is 0.386. The highest BCUT2D eigenvalue weighted by molar-refractivity contribution is 5.74. The first kappa shape index (κ1) is 45.5. The number of benzene rings is 3. The van der Waals surface area contributed by atoms with Crippen molar-refractivity contribution in [3.05, 3.63) is 126 Å². The average Bonchev–Trinajstić information content (AvgIpc) is 3.19. The van der Waals surface area contributed by atoms with Gasteiger partial charge in [-0.05, 0) is 81.1 Å². The minimum atomic E-state index is 0.579. The van der Waals surface area contributed by atoms with Crippen molar-refractivity contribution in [1.82, 2.24) is 4.90 Å². The van der Waals surface area contributed by atoms with E-state index in [2.05, 4.69) is 72.7 Å². The molecule has 0 aliphatic carbocycles. The summed E-state index contributed by atoms with van der Waals surface area (Å²) in [5, 5.41) is 7.00. The van der Waals surface area contributed by atoms with Gasteiger partial charge in [0.1, 0.15) is 6.29 Å². The van der Waals surface area contributed by atoms with Crippen LogP contribution < -0.4 is 4.90 Å². The SMILES string of the molecule is C=CC.C=CCC.CN1CCOCCOCCN(c2ccc(C#Cc3ccc(C#Cc4ccc(C=O)cc4)cc3)cc2)CCOCCOCC1.CO. The van der Waals surface area contributed by atoms with Crippen molar-refractivity contribution in [3.8, 4) is 23.7 Å². The molecule has 3 aromatic carbocycles. The van der Waals surface area contributed by atoms with Gasteiger partial charge in [-0.15, -0.1) is 13.2 Å². The quantitative estimate of drug-likeness (QED) is 0.188. The molecule has 8 heteroatoms. The molecular formula is C44H58N2O6. The molecule has 1 fully saturated rings. The lowest BCUT2D eigenvalue weighted by Gasteiger charge is -2.25. The zero-order chi connectivity index (χ0) is 38.1. The van der Waals surface area contributed by atoms with E-state index in [1.54, 1.807) is 18.2 Å². The van der Waals surface area contributed by atoms with E-state index in [1.165, 1.54) is 0 Å². The monoisotopic (exact) mass is 710 g/mol. The second-order valence-corrected chi connectivity index (χ2v) is 11.2. The molecule has 0 saturated carbocycles. The Morgan fingerprint density at radius 3 is 1.25 bits per heavy atom. The second-order valence-electron chi connectivity index (χ2n) is 11.2. The highest BCUT2D eigenvalue weighted by Crippen LogP contribution is 2.15. The van der Waals surface area contributed by atoms with Crippen LogP contribution in [-0.4, -0.2) is 109 Å². The molecule has 8 nitrogen and oxygen atoms in total. The maximum Gasteiger partial charge on any atom is 0.150 e. The first-order valence-corrected chi connectivity index (χ1v) is 17.7. The molecular weight excluding hydrogens is 652 g/mol. The van der Waals surface area contributed by atoms with Crippen molar-refractivity contribution in [2.24, 2.45) is 0 Å². The van der Waals surface area contributed by atoms with Crippen LogP contribution in [0.25, 0.3) is 0 Å². The Hall–Kier alpha value is -4.51. The van der Waals surface area contributed by atoms with E-state index >= 15 is 0 Å². The molecule has 4 rings (SSSR count). The van der Waals surface area contributed by atoms with E-state index in [1.807, 2.05) is 61.5 Å². The number of nitrogens with zero attached hydrogens (tertiary/aromatic N) is 2. The summed E-state index contributed by atoms with van der Waals surface area (Å²) < 4.78 is 23.1. The maximum atomic E-state index is 10.8. The van der Waals surface area contributed by atoms with E-state index in [-0.39, 0.29) is 0 Å². The van der Waals surface area contributed by atoms with Crippen LogP contribution in [0.2, 0.25) is 0 Å². The summed E-state index contributed by atoms with van der Waals surface area (Å²) in [5.74, 6) is 12.8. The molecule has 0 amide bonds. The number of allylic oxidation sites excluding steroid dienone is 2. The third-order valence-electron chi connectivity index (χ3n) is 7.14. The number of hydrogen-bond donors (Lipinski definition) is 1. The lowest BCUT2D eigenvalue weighted by Crippen LogP contribution is -2.32. The topological polar surface area (TPSA) is 80.7 Å². The number of aliphatic hydroxyl groups excluding tert-OH is 1. The molecule has 0 atom stereocenters. The van der Waals surface area contributed by atoms with Crippen molar-refractivity contribution >= 4 is 12.0 Å². The highest BCUT2D eigenvalue weighted by atomic mass is 16.5. The molecule has 0 spiro atoms. The largest absolute Gasteiger partial charge is 0.400 e. The van der Waals surface area contributed by atoms with Gasteiger partial charge in [-0.2, -0.15) is 0 Å². The number of carbonyl (C=O) groups is 1. The number of anilines is 1. The van der Waals surface area contributed by atoms with E-state index < -0.39 is 0 Å². The fourth-order valence-corrected chi connectivity index (χ4v) is 4.24. The first-order valence-electron chi connectivity index (χ1n) is 17.7. The summed E-state index contributed by atoms with van der Waals surface area (Å²) in [6.45, 7) is 19.0. The number of likely N-dealkylation sites (N-methyl/N-ethyl adjacent to an activating group) is 1. The van der Waals surface area contributed by atoms with Crippen LogP contribution in [0.15, 0.2) is 98.1 Å². The second kappa shape index (κ2) is 31.2. The Bertz CT molecular complexity index is 1460. The van der Waals surface area contributed by atoms with Crippen molar-refractivity contribution < 1.29 is 28.8 Å². The Labute approximate surface area is 313 Å². The number of carbonyl (C=O) groups excluding carboxylic acids is 1. The van der Waals surface area contributed by atoms with Crippen molar-refractivity contribution in [2.45, 2.75) is 20.3 Å². The third kappa shape index (κ3) is 21.6. The Kier molecular flexibility index (Phi) is 27.3. The van der Waals surface area contributed by atoms with E-state index in [4.69, 9.17) is 24.1 Å². The Morgan fingerprint density at radius 2 is 0.923 bits per heavy atom. The number of rotatable bonds is 3. The van der Waals surface area contributed by atoms with Crippen LogP contribution in [0, 0.1) is 23.7 Å². The van der Waals surface area contributed by atoms with E-state index in [0.717, 1.165) is 73.9 Å². The molecule has 0 aromatic heterocycles. The van der Waals surface area contributed by atoms with Crippen LogP contribution in [0.4, 0.5) is 5.69 Å².